The van der Waals surface area contributed by atoms with Crippen LogP contribution < -0.4 is 5.32 Å². The molecule has 0 heterocycles. The van der Waals surface area contributed by atoms with Gasteiger partial charge in [0.1, 0.15) is 6.04 Å². The molecule has 21 heavy (non-hydrogen) atoms. The summed E-state index contributed by atoms with van der Waals surface area (Å²) in [4.78, 5) is 23.1. The molecule has 0 radical (unpaired) electrons. The molecule has 0 aromatic rings. The van der Waals surface area contributed by atoms with E-state index in [-0.39, 0.29) is 5.91 Å². The van der Waals surface area contributed by atoms with Crippen LogP contribution in [0.5, 0.6) is 0 Å². The van der Waals surface area contributed by atoms with E-state index in [0.717, 1.165) is 37.5 Å². The fraction of sp³-hybridized carbons (Fsp3) is 0.882. The van der Waals surface area contributed by atoms with Gasteiger partial charge < -0.3 is 10.4 Å². The average molecular weight is 297 g/mol. The number of carboxylic acids is 1. The van der Waals surface area contributed by atoms with Crippen LogP contribution in [0.3, 0.4) is 0 Å². The van der Waals surface area contributed by atoms with Crippen LogP contribution in [0.2, 0.25) is 0 Å². The van der Waals surface area contributed by atoms with Crippen molar-refractivity contribution in [1.82, 2.24) is 5.32 Å². The van der Waals surface area contributed by atoms with Crippen LogP contribution in [0.25, 0.3) is 0 Å². The lowest BCUT2D eigenvalue weighted by molar-refractivity contribution is -0.143. The summed E-state index contributed by atoms with van der Waals surface area (Å²) in [6, 6.07) is -0.807. The van der Waals surface area contributed by atoms with Gasteiger partial charge >= 0.3 is 5.97 Å². The molecule has 0 saturated heterocycles. The van der Waals surface area contributed by atoms with E-state index in [1.807, 2.05) is 6.92 Å². The number of carbonyl (C=O) groups is 2. The molecule has 1 amide bonds. The number of nitrogens with one attached hydrogen (secondary N) is 1. The highest BCUT2D eigenvalue weighted by Gasteiger charge is 2.38. The summed E-state index contributed by atoms with van der Waals surface area (Å²) in [5, 5.41) is 11.5. The molecular formula is C17H31NO3. The van der Waals surface area contributed by atoms with Crippen LogP contribution in [0.1, 0.15) is 72.6 Å². The molecule has 1 aliphatic carbocycles. The Balaban J connectivity index is 2.39. The molecule has 1 aliphatic rings. The van der Waals surface area contributed by atoms with Gasteiger partial charge in [-0.05, 0) is 44.4 Å². The van der Waals surface area contributed by atoms with Crippen molar-refractivity contribution in [2.45, 2.75) is 78.7 Å². The van der Waals surface area contributed by atoms with Crippen molar-refractivity contribution in [2.75, 3.05) is 0 Å². The van der Waals surface area contributed by atoms with E-state index in [0.29, 0.717) is 0 Å². The number of carboxylic acid groups (broad SMARTS) is 1. The Labute approximate surface area is 128 Å². The van der Waals surface area contributed by atoms with Crippen molar-refractivity contribution < 1.29 is 14.7 Å². The van der Waals surface area contributed by atoms with Crippen molar-refractivity contribution in [2.24, 2.45) is 17.3 Å². The number of hydrogen-bond acceptors (Lipinski definition) is 2. The zero-order valence-electron chi connectivity index (χ0n) is 13.9. The molecule has 2 N–H and O–H groups in total. The van der Waals surface area contributed by atoms with Crippen molar-refractivity contribution >= 4 is 11.9 Å². The second kappa shape index (κ2) is 7.81. The Kier molecular flexibility index (Phi) is 6.69. The highest BCUT2D eigenvalue weighted by atomic mass is 16.4. The minimum Gasteiger partial charge on any atom is -0.480 e. The molecule has 1 fully saturated rings. The Bertz CT molecular complexity index is 357. The van der Waals surface area contributed by atoms with Crippen LogP contribution in [0, 0.1) is 17.3 Å². The first-order chi connectivity index (χ1) is 9.74. The van der Waals surface area contributed by atoms with Gasteiger partial charge in [-0.2, -0.15) is 0 Å². The van der Waals surface area contributed by atoms with Crippen molar-refractivity contribution in [3.63, 3.8) is 0 Å². The van der Waals surface area contributed by atoms with Gasteiger partial charge in [0, 0.05) is 5.41 Å². The maximum absolute atomic E-state index is 12.3. The van der Waals surface area contributed by atoms with Crippen LogP contribution in [-0.2, 0) is 9.59 Å². The smallest absolute Gasteiger partial charge is 0.325 e. The lowest BCUT2D eigenvalue weighted by Crippen LogP contribution is -2.47. The molecule has 0 spiro atoms. The van der Waals surface area contributed by atoms with Gasteiger partial charge in [0.15, 0.2) is 0 Å². The molecule has 1 atom stereocenters. The topological polar surface area (TPSA) is 66.4 Å². The summed E-state index contributed by atoms with van der Waals surface area (Å²) in [5.41, 5.74) is -0.391. The molecule has 1 rings (SSSR count). The molecule has 4 heteroatoms. The van der Waals surface area contributed by atoms with Gasteiger partial charge in [-0.1, -0.05) is 40.0 Å². The number of hydrogen-bond donors (Lipinski definition) is 2. The van der Waals surface area contributed by atoms with Crippen LogP contribution in [0.4, 0.5) is 0 Å². The van der Waals surface area contributed by atoms with Gasteiger partial charge in [-0.3, -0.25) is 9.59 Å². The molecule has 1 saturated carbocycles. The third-order valence-electron chi connectivity index (χ3n) is 4.87. The van der Waals surface area contributed by atoms with Gasteiger partial charge in [0.2, 0.25) is 5.91 Å². The quantitative estimate of drug-likeness (QED) is 0.754. The SMILES string of the molecule is CC(C)CCC[C@H]1CC[C@@](C)(C(=O)NC(C)C(=O)O)CC1. The highest BCUT2D eigenvalue weighted by molar-refractivity contribution is 5.87. The Morgan fingerprint density at radius 2 is 1.81 bits per heavy atom. The third kappa shape index (κ3) is 5.68. The van der Waals surface area contributed by atoms with Gasteiger partial charge in [-0.25, -0.2) is 0 Å². The van der Waals surface area contributed by atoms with Gasteiger partial charge in [-0.15, -0.1) is 0 Å². The lowest BCUT2D eigenvalue weighted by atomic mass is 9.70. The predicted octanol–water partition coefficient (Wildman–Crippen LogP) is 3.60. The third-order valence-corrected chi connectivity index (χ3v) is 4.87. The van der Waals surface area contributed by atoms with Crippen LogP contribution in [-0.4, -0.2) is 23.0 Å². The van der Waals surface area contributed by atoms with Crippen molar-refractivity contribution in [3.8, 4) is 0 Å². The Hall–Kier alpha value is -1.06. The summed E-state index contributed by atoms with van der Waals surface area (Å²) < 4.78 is 0. The molecule has 122 valence electrons. The number of amides is 1. The molecule has 4 nitrogen and oxygen atoms in total. The van der Waals surface area contributed by atoms with Gasteiger partial charge in [0.25, 0.3) is 0 Å². The highest BCUT2D eigenvalue weighted by Crippen LogP contribution is 2.40. The Morgan fingerprint density at radius 1 is 1.24 bits per heavy atom. The number of aliphatic carboxylic acids is 1. The summed E-state index contributed by atoms with van der Waals surface area (Å²) in [5.74, 6) is 0.427. The summed E-state index contributed by atoms with van der Waals surface area (Å²) >= 11 is 0. The zero-order chi connectivity index (χ0) is 16.0. The van der Waals surface area contributed by atoms with Gasteiger partial charge in [0.05, 0.1) is 0 Å². The molecule has 0 aromatic carbocycles. The first-order valence-corrected chi connectivity index (χ1v) is 8.28. The zero-order valence-corrected chi connectivity index (χ0v) is 13.9. The second-order valence-electron chi connectivity index (χ2n) is 7.36. The van der Waals surface area contributed by atoms with E-state index >= 15 is 0 Å². The fourth-order valence-electron chi connectivity index (χ4n) is 3.08. The average Bonchev–Trinajstić information content (AvgIpc) is 2.40. The van der Waals surface area contributed by atoms with E-state index in [9.17, 15) is 9.59 Å². The molecule has 1 unspecified atom stereocenters. The Morgan fingerprint density at radius 3 is 2.29 bits per heavy atom. The molecule has 0 aliphatic heterocycles. The lowest BCUT2D eigenvalue weighted by Gasteiger charge is -2.36. The largest absolute Gasteiger partial charge is 0.480 e. The van der Waals surface area contributed by atoms with Crippen molar-refractivity contribution in [3.05, 3.63) is 0 Å². The van der Waals surface area contributed by atoms with E-state index in [1.165, 1.54) is 26.2 Å². The van der Waals surface area contributed by atoms with Crippen LogP contribution >= 0.6 is 0 Å². The second-order valence-corrected chi connectivity index (χ2v) is 7.36. The number of rotatable bonds is 7. The first kappa shape index (κ1) is 18.0. The maximum atomic E-state index is 12.3. The standard InChI is InChI=1S/C17H31NO3/c1-12(2)6-5-7-14-8-10-17(4,11-9-14)16(21)18-13(3)15(19)20/h12-14H,5-11H2,1-4H3,(H,18,21)(H,19,20)/t13?,14-,17+. The normalized spacial score (nSPS) is 27.4. The predicted molar refractivity (Wildman–Crippen MR) is 84.0 cm³/mol. The summed E-state index contributed by atoms with van der Waals surface area (Å²) in [6.07, 6.45) is 7.75. The monoisotopic (exact) mass is 297 g/mol. The molecule has 0 aromatic heterocycles. The fourth-order valence-corrected chi connectivity index (χ4v) is 3.08. The van der Waals surface area contributed by atoms with E-state index in [2.05, 4.69) is 19.2 Å². The summed E-state index contributed by atoms with van der Waals surface area (Å²) in [7, 11) is 0. The first-order valence-electron chi connectivity index (χ1n) is 8.28. The minimum absolute atomic E-state index is 0.0990. The minimum atomic E-state index is -0.977. The van der Waals surface area contributed by atoms with E-state index < -0.39 is 17.4 Å². The van der Waals surface area contributed by atoms with Crippen molar-refractivity contribution in [1.29, 1.82) is 0 Å². The van der Waals surface area contributed by atoms with E-state index in [1.54, 1.807) is 0 Å². The number of carbonyl (C=O) groups excluding carboxylic acids is 1. The molecular weight excluding hydrogens is 266 g/mol. The van der Waals surface area contributed by atoms with E-state index in [4.69, 9.17) is 5.11 Å². The van der Waals surface area contributed by atoms with Crippen LogP contribution in [0.15, 0.2) is 0 Å². The summed E-state index contributed by atoms with van der Waals surface area (Å²) in [6.45, 7) is 8.00. The maximum Gasteiger partial charge on any atom is 0.325 e. The molecule has 0 bridgehead atoms.